The van der Waals surface area contributed by atoms with Gasteiger partial charge in [0, 0.05) is 43.9 Å². The van der Waals surface area contributed by atoms with Crippen LogP contribution >= 0.6 is 0 Å². The third-order valence-corrected chi connectivity index (χ3v) is 4.78. The number of rotatable bonds is 3. The summed E-state index contributed by atoms with van der Waals surface area (Å²) in [7, 11) is -3.25. The van der Waals surface area contributed by atoms with Gasteiger partial charge in [-0.15, -0.1) is 0 Å². The molecule has 0 spiro atoms. The fraction of sp³-hybridized carbons (Fsp3) is 0.357. The average molecular weight is 403 g/mol. The molecule has 2 rings (SSSR count). The van der Waals surface area contributed by atoms with Crippen LogP contribution in [0.25, 0.3) is 0 Å². The smallest absolute Gasteiger partial charge is 0.414 e. The maximum Gasteiger partial charge on any atom is 0.414 e. The number of non-ortho nitro benzene ring substituents is 1. The second kappa shape index (κ2) is 9.05. The summed E-state index contributed by atoms with van der Waals surface area (Å²) < 4.78 is 24.1. The molecule has 148 valence electrons. The Morgan fingerprint density at radius 2 is 1.59 bits per heavy atom. The largest absolute Gasteiger partial charge is 0.473 e. The van der Waals surface area contributed by atoms with Gasteiger partial charge in [-0.2, -0.15) is 4.31 Å². The highest BCUT2D eigenvalue weighted by molar-refractivity contribution is 7.88. The Morgan fingerprint density at radius 3 is 2.00 bits per heavy atom. The van der Waals surface area contributed by atoms with E-state index in [2.05, 4.69) is 0 Å². The quantitative estimate of drug-likeness (QED) is 0.381. The molecule has 0 saturated carbocycles. The summed E-state index contributed by atoms with van der Waals surface area (Å²) in [6, 6.07) is 5.51. The minimum absolute atomic E-state index is 0.143. The van der Waals surface area contributed by atoms with E-state index in [4.69, 9.17) is 19.8 Å². The summed E-state index contributed by atoms with van der Waals surface area (Å²) in [5.41, 5.74) is 0.0904. The van der Waals surface area contributed by atoms with Gasteiger partial charge in [0.05, 0.1) is 11.2 Å². The standard InChI is InChI=1S/C12H15N3O5S.C2H2O4/c1-21(19,20)14-7-5-13(6-8-14)12(16)10-3-2-4-11(9-10)15(17)18;3-1(4)2(5)6/h2-4,9H,5-8H2,1H3;(H,3,4)(H,5,6). The van der Waals surface area contributed by atoms with E-state index in [0.717, 1.165) is 6.26 Å². The average Bonchev–Trinajstić information content (AvgIpc) is 2.61. The molecule has 0 aromatic heterocycles. The molecule has 1 aromatic rings. The van der Waals surface area contributed by atoms with Crippen LogP contribution in [0.2, 0.25) is 0 Å². The van der Waals surface area contributed by atoms with Crippen molar-refractivity contribution >= 4 is 33.6 Å². The van der Waals surface area contributed by atoms with E-state index in [9.17, 15) is 23.3 Å². The van der Waals surface area contributed by atoms with Gasteiger partial charge in [0.1, 0.15) is 0 Å². The summed E-state index contributed by atoms with van der Waals surface area (Å²) in [4.78, 5) is 42.1. The van der Waals surface area contributed by atoms with Crippen LogP contribution < -0.4 is 0 Å². The zero-order valence-electron chi connectivity index (χ0n) is 14.1. The van der Waals surface area contributed by atoms with Crippen LogP contribution in [0.5, 0.6) is 0 Å². The highest BCUT2D eigenvalue weighted by atomic mass is 32.2. The van der Waals surface area contributed by atoms with Crippen molar-refractivity contribution in [2.75, 3.05) is 32.4 Å². The summed E-state index contributed by atoms with van der Waals surface area (Å²) in [6.07, 6.45) is 1.13. The fourth-order valence-corrected chi connectivity index (χ4v) is 2.98. The number of hydrogen-bond acceptors (Lipinski definition) is 7. The molecule has 12 nitrogen and oxygen atoms in total. The zero-order chi connectivity index (χ0) is 20.8. The number of carbonyl (C=O) groups is 3. The van der Waals surface area contributed by atoms with Crippen molar-refractivity contribution in [2.45, 2.75) is 0 Å². The number of benzene rings is 1. The number of carboxylic acid groups (broad SMARTS) is 2. The van der Waals surface area contributed by atoms with E-state index >= 15 is 0 Å². The Balaban J connectivity index is 0.000000527. The van der Waals surface area contributed by atoms with Gasteiger partial charge >= 0.3 is 11.9 Å². The number of amides is 1. The van der Waals surface area contributed by atoms with Gasteiger partial charge in [0.25, 0.3) is 11.6 Å². The zero-order valence-corrected chi connectivity index (χ0v) is 15.0. The van der Waals surface area contributed by atoms with Crippen LogP contribution in [-0.2, 0) is 19.6 Å². The number of aliphatic carboxylic acids is 2. The molecule has 1 aliphatic rings. The molecule has 1 aromatic carbocycles. The number of sulfonamides is 1. The molecular weight excluding hydrogens is 386 g/mol. The third kappa shape index (κ3) is 6.63. The molecule has 1 amide bonds. The predicted molar refractivity (Wildman–Crippen MR) is 90.7 cm³/mol. The predicted octanol–water partition coefficient (Wildman–Crippen LogP) is -0.532. The maximum absolute atomic E-state index is 12.3. The number of hydrogen-bond donors (Lipinski definition) is 2. The van der Waals surface area contributed by atoms with Gasteiger partial charge < -0.3 is 15.1 Å². The van der Waals surface area contributed by atoms with Crippen molar-refractivity contribution in [2.24, 2.45) is 0 Å². The molecule has 1 saturated heterocycles. The lowest BCUT2D eigenvalue weighted by molar-refractivity contribution is -0.384. The first-order chi connectivity index (χ1) is 12.4. The molecule has 27 heavy (non-hydrogen) atoms. The lowest BCUT2D eigenvalue weighted by atomic mass is 10.1. The number of piperazine rings is 1. The molecule has 1 fully saturated rings. The van der Waals surface area contributed by atoms with E-state index in [1.54, 1.807) is 0 Å². The van der Waals surface area contributed by atoms with Gasteiger partial charge in [0.2, 0.25) is 10.0 Å². The van der Waals surface area contributed by atoms with E-state index in [-0.39, 0.29) is 43.3 Å². The van der Waals surface area contributed by atoms with Gasteiger partial charge in [-0.1, -0.05) is 6.07 Å². The van der Waals surface area contributed by atoms with E-state index < -0.39 is 26.9 Å². The first kappa shape index (κ1) is 22.0. The Bertz CT molecular complexity index is 833. The summed E-state index contributed by atoms with van der Waals surface area (Å²) >= 11 is 0. The Hall–Kier alpha value is -3.06. The van der Waals surface area contributed by atoms with E-state index in [1.165, 1.54) is 33.5 Å². The minimum Gasteiger partial charge on any atom is -0.473 e. The number of nitrogens with zero attached hydrogens (tertiary/aromatic N) is 3. The Kier molecular flexibility index (Phi) is 7.36. The molecule has 2 N–H and O–H groups in total. The monoisotopic (exact) mass is 403 g/mol. The third-order valence-electron chi connectivity index (χ3n) is 3.48. The van der Waals surface area contributed by atoms with E-state index in [1.807, 2.05) is 0 Å². The van der Waals surface area contributed by atoms with Crippen LogP contribution in [0.4, 0.5) is 5.69 Å². The molecule has 0 atom stereocenters. The van der Waals surface area contributed by atoms with Gasteiger partial charge in [0.15, 0.2) is 0 Å². The number of carbonyl (C=O) groups excluding carboxylic acids is 1. The van der Waals surface area contributed by atoms with Crippen LogP contribution in [0.1, 0.15) is 10.4 Å². The summed E-state index contributed by atoms with van der Waals surface area (Å²) in [5, 5.41) is 25.5. The van der Waals surface area contributed by atoms with Crippen molar-refractivity contribution < 1.29 is 37.9 Å². The van der Waals surface area contributed by atoms with Gasteiger partial charge in [-0.3, -0.25) is 14.9 Å². The first-order valence-electron chi connectivity index (χ1n) is 7.38. The molecule has 0 aliphatic carbocycles. The van der Waals surface area contributed by atoms with Crippen molar-refractivity contribution in [3.63, 3.8) is 0 Å². The van der Waals surface area contributed by atoms with E-state index in [0.29, 0.717) is 0 Å². The first-order valence-corrected chi connectivity index (χ1v) is 9.23. The lowest BCUT2D eigenvalue weighted by Crippen LogP contribution is -2.50. The van der Waals surface area contributed by atoms with Crippen LogP contribution in [-0.4, -0.2) is 83.0 Å². The highest BCUT2D eigenvalue weighted by Gasteiger charge is 2.27. The Labute approximate surface area is 153 Å². The SMILES string of the molecule is CS(=O)(=O)N1CCN(C(=O)c2cccc([N+](=O)[O-])c2)CC1.O=C(O)C(=O)O. The molecule has 13 heteroatoms. The molecule has 0 radical (unpaired) electrons. The second-order valence-corrected chi connectivity index (χ2v) is 7.35. The van der Waals surface area contributed by atoms with Crippen LogP contribution in [0, 0.1) is 10.1 Å². The van der Waals surface area contributed by atoms with Crippen molar-refractivity contribution in [1.29, 1.82) is 0 Å². The molecule has 0 unspecified atom stereocenters. The van der Waals surface area contributed by atoms with Crippen LogP contribution in [0.15, 0.2) is 24.3 Å². The summed E-state index contributed by atoms with van der Waals surface area (Å²) in [6.45, 7) is 1.02. The number of nitro benzene ring substituents is 1. The number of nitro groups is 1. The topological polar surface area (TPSA) is 175 Å². The minimum atomic E-state index is -3.25. The second-order valence-electron chi connectivity index (χ2n) is 5.37. The normalized spacial score (nSPS) is 14.6. The van der Waals surface area contributed by atoms with Crippen molar-refractivity contribution in [3.8, 4) is 0 Å². The molecule has 1 aliphatic heterocycles. The molecular formula is C14H17N3O9S. The number of carboxylic acids is 2. The molecule has 1 heterocycles. The Morgan fingerprint density at radius 1 is 1.07 bits per heavy atom. The molecule has 0 bridgehead atoms. The fourth-order valence-electron chi connectivity index (χ4n) is 2.16. The van der Waals surface area contributed by atoms with Gasteiger partial charge in [-0.25, -0.2) is 18.0 Å². The van der Waals surface area contributed by atoms with Gasteiger partial charge in [-0.05, 0) is 6.07 Å². The lowest BCUT2D eigenvalue weighted by Gasteiger charge is -2.33. The van der Waals surface area contributed by atoms with Crippen molar-refractivity contribution in [1.82, 2.24) is 9.21 Å². The maximum atomic E-state index is 12.3. The van der Waals surface area contributed by atoms with Crippen LogP contribution in [0.3, 0.4) is 0 Å². The highest BCUT2D eigenvalue weighted by Crippen LogP contribution is 2.16. The summed E-state index contributed by atoms with van der Waals surface area (Å²) in [5.74, 6) is -3.98. The van der Waals surface area contributed by atoms with Crippen molar-refractivity contribution in [3.05, 3.63) is 39.9 Å².